The maximum Gasteiger partial charge on any atom is 0.255 e. The number of anilines is 1. The average Bonchev–Trinajstić information content (AvgIpc) is 3.15. The Kier molecular flexibility index (Phi) is 5.59. The lowest BCUT2D eigenvalue weighted by Gasteiger charge is -2.34. The SMILES string of the molecule is Cc1[nH]c2ccccc2c1C1CCN(c2ncc(C(=O)N3CCOCC3)cc2Cl)CC1. The van der Waals surface area contributed by atoms with E-state index >= 15 is 0 Å². The summed E-state index contributed by atoms with van der Waals surface area (Å²) in [6.45, 7) is 6.34. The van der Waals surface area contributed by atoms with Gasteiger partial charge in [-0.3, -0.25) is 4.79 Å². The van der Waals surface area contributed by atoms with Gasteiger partial charge in [0.05, 0.1) is 23.8 Å². The van der Waals surface area contributed by atoms with Crippen molar-refractivity contribution in [1.82, 2.24) is 14.9 Å². The Labute approximate surface area is 187 Å². The number of H-pyrrole nitrogens is 1. The first-order valence-corrected chi connectivity index (χ1v) is 11.3. The fourth-order valence-electron chi connectivity index (χ4n) is 4.93. The van der Waals surface area contributed by atoms with Gasteiger partial charge in [-0.1, -0.05) is 29.8 Å². The Bertz CT molecular complexity index is 1100. The summed E-state index contributed by atoms with van der Waals surface area (Å²) in [4.78, 5) is 24.9. The van der Waals surface area contributed by atoms with Crippen LogP contribution in [-0.4, -0.2) is 60.2 Å². The van der Waals surface area contributed by atoms with Crippen molar-refractivity contribution in [3.63, 3.8) is 0 Å². The van der Waals surface area contributed by atoms with E-state index in [0.717, 1.165) is 31.7 Å². The van der Waals surface area contributed by atoms with Crippen LogP contribution in [0.25, 0.3) is 10.9 Å². The third kappa shape index (κ3) is 3.90. The van der Waals surface area contributed by atoms with Crippen molar-refractivity contribution >= 4 is 34.2 Å². The van der Waals surface area contributed by atoms with E-state index in [9.17, 15) is 4.79 Å². The number of amides is 1. The first-order chi connectivity index (χ1) is 15.1. The van der Waals surface area contributed by atoms with Crippen LogP contribution in [0.1, 0.15) is 40.4 Å². The molecule has 6 nitrogen and oxygen atoms in total. The standard InChI is InChI=1S/C24H27ClN4O2/c1-16-22(19-4-2-3-5-21(19)27-16)17-6-8-28(9-7-17)23-20(25)14-18(15-26-23)24(30)29-10-12-31-13-11-29/h2-5,14-15,17,27H,6-13H2,1H3. The predicted octanol–water partition coefficient (Wildman–Crippen LogP) is 4.38. The molecule has 162 valence electrons. The predicted molar refractivity (Wildman–Crippen MR) is 123 cm³/mol. The maximum atomic E-state index is 12.7. The van der Waals surface area contributed by atoms with Gasteiger partial charge >= 0.3 is 0 Å². The van der Waals surface area contributed by atoms with E-state index in [1.807, 2.05) is 0 Å². The number of pyridine rings is 1. The van der Waals surface area contributed by atoms with Gasteiger partial charge in [0.15, 0.2) is 0 Å². The van der Waals surface area contributed by atoms with E-state index in [4.69, 9.17) is 16.3 Å². The molecule has 4 heterocycles. The fraction of sp³-hybridized carbons (Fsp3) is 0.417. The summed E-state index contributed by atoms with van der Waals surface area (Å²) in [5.74, 6) is 1.26. The van der Waals surface area contributed by atoms with Crippen LogP contribution in [0, 0.1) is 6.92 Å². The number of ether oxygens (including phenoxy) is 1. The van der Waals surface area contributed by atoms with Crippen molar-refractivity contribution < 1.29 is 9.53 Å². The third-order valence-corrected chi connectivity index (χ3v) is 6.79. The first kappa shape index (κ1) is 20.3. The van der Waals surface area contributed by atoms with E-state index in [1.54, 1.807) is 17.2 Å². The molecule has 2 aromatic heterocycles. The number of aromatic amines is 1. The second-order valence-electron chi connectivity index (χ2n) is 8.40. The average molecular weight is 439 g/mol. The maximum absolute atomic E-state index is 12.7. The first-order valence-electron chi connectivity index (χ1n) is 11.0. The van der Waals surface area contributed by atoms with Crippen LogP contribution in [-0.2, 0) is 4.74 Å². The molecule has 2 fully saturated rings. The number of aromatic nitrogens is 2. The number of para-hydroxylation sites is 1. The molecule has 0 radical (unpaired) electrons. The van der Waals surface area contributed by atoms with Crippen LogP contribution in [0.3, 0.4) is 0 Å². The largest absolute Gasteiger partial charge is 0.378 e. The zero-order chi connectivity index (χ0) is 21.4. The Balaban J connectivity index is 1.29. The molecule has 2 aliphatic rings. The number of rotatable bonds is 3. The minimum atomic E-state index is -0.0298. The summed E-state index contributed by atoms with van der Waals surface area (Å²) in [6, 6.07) is 10.3. The molecule has 1 amide bonds. The van der Waals surface area contributed by atoms with Gasteiger partial charge in [0.1, 0.15) is 5.82 Å². The van der Waals surface area contributed by atoms with Crippen molar-refractivity contribution in [3.8, 4) is 0 Å². The highest BCUT2D eigenvalue weighted by molar-refractivity contribution is 6.33. The number of halogens is 1. The van der Waals surface area contributed by atoms with Crippen molar-refractivity contribution in [2.45, 2.75) is 25.7 Å². The van der Waals surface area contributed by atoms with Gasteiger partial charge in [-0.25, -0.2) is 4.98 Å². The molecule has 7 heteroatoms. The summed E-state index contributed by atoms with van der Waals surface area (Å²) in [6.07, 6.45) is 3.76. The molecule has 0 unspecified atom stereocenters. The summed E-state index contributed by atoms with van der Waals surface area (Å²) in [7, 11) is 0. The highest BCUT2D eigenvalue weighted by Crippen LogP contribution is 2.37. The van der Waals surface area contributed by atoms with Gasteiger partial charge in [0, 0.05) is 49.0 Å². The van der Waals surface area contributed by atoms with Crippen molar-refractivity contribution in [1.29, 1.82) is 0 Å². The van der Waals surface area contributed by atoms with E-state index in [0.29, 0.717) is 42.8 Å². The normalized spacial score (nSPS) is 18.0. The van der Waals surface area contributed by atoms with Gasteiger partial charge < -0.3 is 19.5 Å². The Morgan fingerprint density at radius 1 is 1.16 bits per heavy atom. The second kappa shape index (κ2) is 8.52. The molecule has 2 saturated heterocycles. The number of hydrogen-bond donors (Lipinski definition) is 1. The van der Waals surface area contributed by atoms with Gasteiger partial charge in [-0.15, -0.1) is 0 Å². The van der Waals surface area contributed by atoms with Gasteiger partial charge in [-0.2, -0.15) is 0 Å². The number of hydrogen-bond acceptors (Lipinski definition) is 4. The lowest BCUT2D eigenvalue weighted by Crippen LogP contribution is -2.40. The lowest BCUT2D eigenvalue weighted by molar-refractivity contribution is 0.0302. The van der Waals surface area contributed by atoms with Crippen molar-refractivity contribution in [2.75, 3.05) is 44.3 Å². The summed E-state index contributed by atoms with van der Waals surface area (Å²) >= 11 is 6.58. The van der Waals surface area contributed by atoms with E-state index in [1.165, 1.54) is 22.2 Å². The minimum absolute atomic E-state index is 0.0298. The molecule has 1 N–H and O–H groups in total. The topological polar surface area (TPSA) is 61.5 Å². The smallest absolute Gasteiger partial charge is 0.255 e. The highest BCUT2D eigenvalue weighted by Gasteiger charge is 2.27. The zero-order valence-corrected chi connectivity index (χ0v) is 18.5. The molecule has 0 saturated carbocycles. The number of carbonyl (C=O) groups is 1. The number of fused-ring (bicyclic) bond motifs is 1. The van der Waals surface area contributed by atoms with E-state index in [2.05, 4.69) is 46.1 Å². The van der Waals surface area contributed by atoms with Crippen LogP contribution in [0.2, 0.25) is 5.02 Å². The third-order valence-electron chi connectivity index (χ3n) is 6.51. The number of carbonyl (C=O) groups excluding carboxylic acids is 1. The molecule has 0 atom stereocenters. The Morgan fingerprint density at radius 3 is 2.65 bits per heavy atom. The molecular formula is C24H27ClN4O2. The highest BCUT2D eigenvalue weighted by atomic mass is 35.5. The van der Waals surface area contributed by atoms with E-state index < -0.39 is 0 Å². The molecular weight excluding hydrogens is 412 g/mol. The second-order valence-corrected chi connectivity index (χ2v) is 8.81. The molecule has 0 aliphatic carbocycles. The number of piperidine rings is 1. The van der Waals surface area contributed by atoms with Crippen LogP contribution in [0.4, 0.5) is 5.82 Å². The van der Waals surface area contributed by atoms with Crippen LogP contribution in [0.15, 0.2) is 36.5 Å². The molecule has 3 aromatic rings. The minimum Gasteiger partial charge on any atom is -0.378 e. The molecule has 5 rings (SSSR count). The fourth-order valence-corrected chi connectivity index (χ4v) is 5.22. The molecule has 0 bridgehead atoms. The number of aryl methyl sites for hydroxylation is 1. The summed E-state index contributed by atoms with van der Waals surface area (Å²) in [5.41, 5.74) is 4.46. The zero-order valence-electron chi connectivity index (χ0n) is 17.7. The Morgan fingerprint density at radius 2 is 1.90 bits per heavy atom. The number of nitrogens with one attached hydrogen (secondary N) is 1. The van der Waals surface area contributed by atoms with Crippen LogP contribution < -0.4 is 4.90 Å². The molecule has 31 heavy (non-hydrogen) atoms. The van der Waals surface area contributed by atoms with Crippen LogP contribution >= 0.6 is 11.6 Å². The Hall–Kier alpha value is -2.57. The van der Waals surface area contributed by atoms with Gasteiger partial charge in [-0.05, 0) is 43.4 Å². The quantitative estimate of drug-likeness (QED) is 0.659. The van der Waals surface area contributed by atoms with Gasteiger partial charge in [0.2, 0.25) is 0 Å². The van der Waals surface area contributed by atoms with Crippen molar-refractivity contribution in [2.24, 2.45) is 0 Å². The summed E-state index contributed by atoms with van der Waals surface area (Å²) < 4.78 is 5.33. The van der Waals surface area contributed by atoms with Gasteiger partial charge in [0.25, 0.3) is 5.91 Å². The molecule has 2 aliphatic heterocycles. The summed E-state index contributed by atoms with van der Waals surface area (Å²) in [5, 5.41) is 1.88. The number of benzene rings is 1. The monoisotopic (exact) mass is 438 g/mol. The molecule has 0 spiro atoms. The lowest BCUT2D eigenvalue weighted by atomic mass is 9.87. The number of morpholine rings is 1. The van der Waals surface area contributed by atoms with Crippen molar-refractivity contribution in [3.05, 3.63) is 58.4 Å². The molecule has 1 aromatic carbocycles. The van der Waals surface area contributed by atoms with E-state index in [-0.39, 0.29) is 5.91 Å². The van der Waals surface area contributed by atoms with Crippen LogP contribution in [0.5, 0.6) is 0 Å². The number of nitrogens with zero attached hydrogens (tertiary/aromatic N) is 3.